The van der Waals surface area contributed by atoms with Crippen LogP contribution >= 0.6 is 11.3 Å². The molecule has 7 heteroatoms. The zero-order valence-corrected chi connectivity index (χ0v) is 14.5. The minimum atomic E-state index is 0.601. The van der Waals surface area contributed by atoms with E-state index in [1.165, 1.54) is 10.4 Å². The fourth-order valence-electron chi connectivity index (χ4n) is 2.93. The van der Waals surface area contributed by atoms with Crippen molar-refractivity contribution in [1.29, 1.82) is 0 Å². The van der Waals surface area contributed by atoms with Crippen molar-refractivity contribution in [3.8, 4) is 10.4 Å². The molecule has 126 valence electrons. The molecule has 0 aliphatic rings. The van der Waals surface area contributed by atoms with Crippen LogP contribution in [0.25, 0.3) is 26.3 Å². The SMILES string of the molecule is c1ccc(-c2cc3c(NCc4ccnc5ccnn45)ncnc3s2)cc1. The van der Waals surface area contributed by atoms with Crippen molar-refractivity contribution in [1.82, 2.24) is 24.6 Å². The molecule has 0 aliphatic carbocycles. The predicted molar refractivity (Wildman–Crippen MR) is 103 cm³/mol. The second-order valence-corrected chi connectivity index (χ2v) is 6.84. The van der Waals surface area contributed by atoms with Gasteiger partial charge in [0.05, 0.1) is 23.8 Å². The normalized spacial score (nSPS) is 11.2. The first kappa shape index (κ1) is 15.0. The number of aromatic nitrogens is 5. The second-order valence-electron chi connectivity index (χ2n) is 5.81. The van der Waals surface area contributed by atoms with Crippen LogP contribution in [-0.4, -0.2) is 24.6 Å². The van der Waals surface area contributed by atoms with Crippen LogP contribution in [0, 0.1) is 0 Å². The smallest absolute Gasteiger partial charge is 0.155 e. The van der Waals surface area contributed by atoms with Gasteiger partial charge in [-0.2, -0.15) is 5.10 Å². The predicted octanol–water partition coefficient (Wildman–Crippen LogP) is 4.01. The average molecular weight is 358 g/mol. The zero-order valence-electron chi connectivity index (χ0n) is 13.7. The average Bonchev–Trinajstić information content (AvgIpc) is 3.34. The van der Waals surface area contributed by atoms with Gasteiger partial charge in [0.2, 0.25) is 0 Å². The standard InChI is InChI=1S/C19H14N6S/c1-2-4-13(5-3-1)16-10-15-18(22-12-23-19(15)26-16)21-11-14-6-8-20-17-7-9-24-25(14)17/h1-10,12H,11H2,(H,21,22,23). The van der Waals surface area contributed by atoms with Gasteiger partial charge in [0.1, 0.15) is 17.0 Å². The first-order valence-corrected chi connectivity index (χ1v) is 9.01. The summed E-state index contributed by atoms with van der Waals surface area (Å²) in [5.41, 5.74) is 3.04. The van der Waals surface area contributed by atoms with Crippen molar-refractivity contribution in [2.24, 2.45) is 0 Å². The molecule has 5 rings (SSSR count). The number of hydrogen-bond donors (Lipinski definition) is 1. The first-order valence-electron chi connectivity index (χ1n) is 8.20. The van der Waals surface area contributed by atoms with Crippen molar-refractivity contribution in [2.75, 3.05) is 5.32 Å². The van der Waals surface area contributed by atoms with Gasteiger partial charge in [-0.1, -0.05) is 30.3 Å². The summed E-state index contributed by atoms with van der Waals surface area (Å²) in [4.78, 5) is 15.3. The van der Waals surface area contributed by atoms with E-state index in [0.717, 1.165) is 27.4 Å². The van der Waals surface area contributed by atoms with Gasteiger partial charge in [0.15, 0.2) is 5.65 Å². The van der Waals surface area contributed by atoms with Crippen LogP contribution in [0.15, 0.2) is 67.3 Å². The van der Waals surface area contributed by atoms with E-state index in [9.17, 15) is 0 Å². The second kappa shape index (κ2) is 6.20. The summed E-state index contributed by atoms with van der Waals surface area (Å²) in [6.45, 7) is 0.601. The lowest BCUT2D eigenvalue weighted by Crippen LogP contribution is -2.07. The van der Waals surface area contributed by atoms with Gasteiger partial charge in [-0.05, 0) is 17.7 Å². The van der Waals surface area contributed by atoms with Gasteiger partial charge in [-0.3, -0.25) is 0 Å². The molecule has 0 amide bonds. The van der Waals surface area contributed by atoms with Crippen LogP contribution in [0.3, 0.4) is 0 Å². The van der Waals surface area contributed by atoms with E-state index in [4.69, 9.17) is 0 Å². The molecule has 0 unspecified atom stereocenters. The number of nitrogens with zero attached hydrogens (tertiary/aromatic N) is 5. The molecular weight excluding hydrogens is 344 g/mol. The number of hydrogen-bond acceptors (Lipinski definition) is 6. The van der Waals surface area contributed by atoms with Crippen LogP contribution in [0.1, 0.15) is 5.69 Å². The van der Waals surface area contributed by atoms with Crippen molar-refractivity contribution < 1.29 is 0 Å². The largest absolute Gasteiger partial charge is 0.364 e. The van der Waals surface area contributed by atoms with Gasteiger partial charge in [-0.25, -0.2) is 19.5 Å². The van der Waals surface area contributed by atoms with Crippen LogP contribution in [-0.2, 0) is 6.54 Å². The zero-order chi connectivity index (χ0) is 17.3. The molecule has 1 aromatic carbocycles. The Hall–Kier alpha value is -3.32. The summed E-state index contributed by atoms with van der Waals surface area (Å²) in [6, 6.07) is 16.3. The van der Waals surface area contributed by atoms with Gasteiger partial charge in [-0.15, -0.1) is 11.3 Å². The number of benzene rings is 1. The highest BCUT2D eigenvalue weighted by Gasteiger charge is 2.10. The summed E-state index contributed by atoms with van der Waals surface area (Å²) in [5.74, 6) is 0.825. The molecule has 0 bridgehead atoms. The fourth-order valence-corrected chi connectivity index (χ4v) is 3.94. The van der Waals surface area contributed by atoms with Gasteiger partial charge >= 0.3 is 0 Å². The number of fused-ring (bicyclic) bond motifs is 2. The first-order chi connectivity index (χ1) is 12.9. The molecule has 1 N–H and O–H groups in total. The van der Waals surface area contributed by atoms with Crippen LogP contribution in [0.2, 0.25) is 0 Å². The van der Waals surface area contributed by atoms with E-state index in [1.54, 1.807) is 30.1 Å². The Labute approximate surface area is 153 Å². The Kier molecular flexibility index (Phi) is 3.57. The Bertz CT molecular complexity index is 1190. The van der Waals surface area contributed by atoms with E-state index >= 15 is 0 Å². The quantitative estimate of drug-likeness (QED) is 0.526. The molecule has 26 heavy (non-hydrogen) atoms. The fraction of sp³-hybridized carbons (Fsp3) is 0.0526. The highest BCUT2D eigenvalue weighted by atomic mass is 32.1. The minimum Gasteiger partial charge on any atom is -0.364 e. The van der Waals surface area contributed by atoms with Gasteiger partial charge in [0, 0.05) is 17.1 Å². The number of thiophene rings is 1. The molecule has 0 aliphatic heterocycles. The maximum Gasteiger partial charge on any atom is 0.155 e. The summed E-state index contributed by atoms with van der Waals surface area (Å²) in [5, 5.41) is 8.77. The third-order valence-corrected chi connectivity index (χ3v) is 5.29. The number of anilines is 1. The lowest BCUT2D eigenvalue weighted by molar-refractivity contribution is 0.852. The maximum absolute atomic E-state index is 4.44. The molecule has 4 heterocycles. The molecule has 0 saturated heterocycles. The highest BCUT2D eigenvalue weighted by molar-refractivity contribution is 7.21. The van der Waals surface area contributed by atoms with E-state index in [1.807, 2.05) is 34.8 Å². The summed E-state index contributed by atoms with van der Waals surface area (Å²) in [7, 11) is 0. The topological polar surface area (TPSA) is 68.0 Å². The lowest BCUT2D eigenvalue weighted by atomic mass is 10.2. The van der Waals surface area contributed by atoms with Gasteiger partial charge < -0.3 is 5.32 Å². The summed E-state index contributed by atoms with van der Waals surface area (Å²) < 4.78 is 1.83. The molecule has 4 aromatic heterocycles. The Morgan fingerprint density at radius 2 is 1.88 bits per heavy atom. The number of nitrogens with one attached hydrogen (secondary N) is 1. The molecule has 0 fully saturated rings. The van der Waals surface area contributed by atoms with E-state index in [-0.39, 0.29) is 0 Å². The van der Waals surface area contributed by atoms with Gasteiger partial charge in [0.25, 0.3) is 0 Å². The Morgan fingerprint density at radius 3 is 2.81 bits per heavy atom. The van der Waals surface area contributed by atoms with Crippen molar-refractivity contribution >= 4 is 33.0 Å². The van der Waals surface area contributed by atoms with Crippen LogP contribution < -0.4 is 5.32 Å². The minimum absolute atomic E-state index is 0.601. The monoisotopic (exact) mass is 358 g/mol. The van der Waals surface area contributed by atoms with E-state index in [0.29, 0.717) is 6.54 Å². The third-order valence-electron chi connectivity index (χ3n) is 4.19. The Morgan fingerprint density at radius 1 is 0.962 bits per heavy atom. The molecular formula is C19H14N6S. The molecule has 0 radical (unpaired) electrons. The van der Waals surface area contributed by atoms with E-state index < -0.39 is 0 Å². The Balaban J connectivity index is 1.49. The highest BCUT2D eigenvalue weighted by Crippen LogP contribution is 2.34. The van der Waals surface area contributed by atoms with Crippen molar-refractivity contribution in [2.45, 2.75) is 6.54 Å². The lowest BCUT2D eigenvalue weighted by Gasteiger charge is -2.07. The number of rotatable bonds is 4. The molecule has 6 nitrogen and oxygen atoms in total. The third kappa shape index (κ3) is 2.58. The summed E-state index contributed by atoms with van der Waals surface area (Å²) >= 11 is 1.67. The summed E-state index contributed by atoms with van der Waals surface area (Å²) in [6.07, 6.45) is 5.15. The van der Waals surface area contributed by atoms with Crippen molar-refractivity contribution in [3.63, 3.8) is 0 Å². The van der Waals surface area contributed by atoms with E-state index in [2.05, 4.69) is 43.6 Å². The maximum atomic E-state index is 4.44. The van der Waals surface area contributed by atoms with Crippen molar-refractivity contribution in [3.05, 3.63) is 72.9 Å². The van der Waals surface area contributed by atoms with Crippen LogP contribution in [0.4, 0.5) is 5.82 Å². The molecule has 0 atom stereocenters. The molecule has 0 spiro atoms. The molecule has 5 aromatic rings. The molecule has 0 saturated carbocycles. The van der Waals surface area contributed by atoms with Crippen LogP contribution in [0.5, 0.6) is 0 Å².